The van der Waals surface area contributed by atoms with E-state index in [9.17, 15) is 9.59 Å². The molecular weight excluding hydrogens is 464 g/mol. The van der Waals surface area contributed by atoms with E-state index in [1.54, 1.807) is 13.0 Å². The Hall–Kier alpha value is -2.40. The molecule has 0 fully saturated rings. The second kappa shape index (κ2) is 9.17. The molecule has 11 heteroatoms. The van der Waals surface area contributed by atoms with E-state index >= 15 is 0 Å². The highest BCUT2D eigenvalue weighted by Gasteiger charge is 2.23. The van der Waals surface area contributed by atoms with Crippen molar-refractivity contribution in [2.45, 2.75) is 12.1 Å². The maximum Gasteiger partial charge on any atom is 0.341 e. The van der Waals surface area contributed by atoms with Crippen molar-refractivity contribution < 1.29 is 14.3 Å². The summed E-state index contributed by atoms with van der Waals surface area (Å²) in [4.78, 5) is 37.5. The van der Waals surface area contributed by atoms with Crippen molar-refractivity contribution in [2.75, 3.05) is 17.7 Å². The Morgan fingerprint density at radius 3 is 3.00 bits per heavy atom. The number of nitrogens with one attached hydrogen (secondary N) is 2. The number of thioether (sulfide) groups is 1. The lowest BCUT2D eigenvalue weighted by Crippen LogP contribution is -2.16. The molecule has 0 saturated heterocycles. The first-order valence-corrected chi connectivity index (χ1v) is 11.9. The van der Waals surface area contributed by atoms with Gasteiger partial charge < -0.3 is 15.0 Å². The van der Waals surface area contributed by atoms with Gasteiger partial charge in [0.2, 0.25) is 5.91 Å². The molecule has 4 aromatic heterocycles. The molecule has 1 amide bonds. The van der Waals surface area contributed by atoms with Crippen LogP contribution in [0.4, 0.5) is 5.00 Å². The number of rotatable bonds is 7. The number of imidazole rings is 1. The van der Waals surface area contributed by atoms with Crippen LogP contribution in [-0.2, 0) is 9.53 Å². The van der Waals surface area contributed by atoms with Crippen LogP contribution in [0.2, 0.25) is 5.02 Å². The lowest BCUT2D eigenvalue weighted by molar-refractivity contribution is -0.113. The zero-order chi connectivity index (χ0) is 21.1. The molecule has 0 aliphatic carbocycles. The van der Waals surface area contributed by atoms with Crippen LogP contribution in [-0.4, -0.2) is 39.2 Å². The molecule has 7 nitrogen and oxygen atoms in total. The fourth-order valence-electron chi connectivity index (χ4n) is 2.69. The first kappa shape index (κ1) is 20.9. The number of fused-ring (bicyclic) bond motifs is 1. The van der Waals surface area contributed by atoms with Crippen molar-refractivity contribution in [1.29, 1.82) is 0 Å². The standard InChI is InChI=1S/C19H15ClN4O3S3/c1-2-27-18(26)15-11(13-4-3-5-28-13)8-29-17(15)23-14(25)9-30-19-22-12-6-10(20)7-21-16(12)24-19/h3-8H,2,9H2,1H3,(H,23,25)(H,21,22,24). The summed E-state index contributed by atoms with van der Waals surface area (Å²) in [6.07, 6.45) is 1.52. The van der Waals surface area contributed by atoms with Crippen molar-refractivity contribution >= 4 is 74.1 Å². The first-order valence-electron chi connectivity index (χ1n) is 8.81. The van der Waals surface area contributed by atoms with Gasteiger partial charge in [0.15, 0.2) is 10.8 Å². The van der Waals surface area contributed by atoms with Gasteiger partial charge in [-0.3, -0.25) is 4.79 Å². The molecule has 4 aromatic rings. The average Bonchev–Trinajstić information content (AvgIpc) is 3.45. The summed E-state index contributed by atoms with van der Waals surface area (Å²) in [7, 11) is 0. The largest absolute Gasteiger partial charge is 0.462 e. The van der Waals surface area contributed by atoms with Crippen molar-refractivity contribution in [2.24, 2.45) is 0 Å². The number of anilines is 1. The highest BCUT2D eigenvalue weighted by molar-refractivity contribution is 7.99. The molecule has 0 saturated carbocycles. The van der Waals surface area contributed by atoms with E-state index in [-0.39, 0.29) is 18.3 Å². The third-order valence-corrected chi connectivity index (χ3v) is 6.81. The topological polar surface area (TPSA) is 97.0 Å². The van der Waals surface area contributed by atoms with Gasteiger partial charge in [-0.25, -0.2) is 14.8 Å². The van der Waals surface area contributed by atoms with Gasteiger partial charge in [0, 0.05) is 22.0 Å². The lowest BCUT2D eigenvalue weighted by Gasteiger charge is -2.07. The van der Waals surface area contributed by atoms with Crippen LogP contribution in [0, 0.1) is 0 Å². The lowest BCUT2D eigenvalue weighted by atomic mass is 10.1. The second-order valence-electron chi connectivity index (χ2n) is 5.95. The van der Waals surface area contributed by atoms with Crippen LogP contribution in [0.25, 0.3) is 21.6 Å². The number of hydrogen-bond donors (Lipinski definition) is 2. The number of carbonyl (C=O) groups is 2. The van der Waals surface area contributed by atoms with Gasteiger partial charge in [0.25, 0.3) is 0 Å². The average molecular weight is 479 g/mol. The Balaban J connectivity index is 1.48. The van der Waals surface area contributed by atoms with Crippen LogP contribution in [0.15, 0.2) is 40.3 Å². The highest BCUT2D eigenvalue weighted by atomic mass is 35.5. The van der Waals surface area contributed by atoms with Gasteiger partial charge in [-0.15, -0.1) is 22.7 Å². The summed E-state index contributed by atoms with van der Waals surface area (Å²) < 4.78 is 5.20. The molecule has 4 heterocycles. The van der Waals surface area contributed by atoms with Crippen molar-refractivity contribution in [1.82, 2.24) is 15.0 Å². The van der Waals surface area contributed by atoms with Crippen LogP contribution in [0.3, 0.4) is 0 Å². The summed E-state index contributed by atoms with van der Waals surface area (Å²) in [5.74, 6) is -0.593. The predicted octanol–water partition coefficient (Wildman–Crippen LogP) is 5.31. The number of esters is 1. The zero-order valence-corrected chi connectivity index (χ0v) is 18.8. The van der Waals surface area contributed by atoms with Gasteiger partial charge in [-0.2, -0.15) is 0 Å². The Morgan fingerprint density at radius 2 is 2.23 bits per heavy atom. The third kappa shape index (κ3) is 4.51. The van der Waals surface area contributed by atoms with Crippen molar-refractivity contribution in [3.8, 4) is 10.4 Å². The second-order valence-corrected chi connectivity index (χ2v) is 9.18. The number of H-pyrrole nitrogens is 1. The highest BCUT2D eigenvalue weighted by Crippen LogP contribution is 2.38. The molecule has 0 aromatic carbocycles. The van der Waals surface area contributed by atoms with E-state index in [1.807, 2.05) is 22.9 Å². The zero-order valence-electron chi connectivity index (χ0n) is 15.6. The molecule has 2 N–H and O–H groups in total. The fourth-order valence-corrected chi connectivity index (χ4v) is 5.31. The van der Waals surface area contributed by atoms with E-state index < -0.39 is 5.97 Å². The minimum absolute atomic E-state index is 0.113. The number of amides is 1. The van der Waals surface area contributed by atoms with Gasteiger partial charge in [-0.1, -0.05) is 29.4 Å². The monoisotopic (exact) mass is 478 g/mol. The van der Waals surface area contributed by atoms with Crippen molar-refractivity contribution in [3.63, 3.8) is 0 Å². The summed E-state index contributed by atoms with van der Waals surface area (Å²) in [6, 6.07) is 5.57. The van der Waals surface area contributed by atoms with E-state index in [2.05, 4.69) is 20.3 Å². The number of nitrogens with zero attached hydrogens (tertiary/aromatic N) is 2. The van der Waals surface area contributed by atoms with Crippen molar-refractivity contribution in [3.05, 3.63) is 45.7 Å². The predicted molar refractivity (Wildman–Crippen MR) is 122 cm³/mol. The van der Waals surface area contributed by atoms with Crippen LogP contribution >= 0.6 is 46.0 Å². The Morgan fingerprint density at radius 1 is 1.37 bits per heavy atom. The summed E-state index contributed by atoms with van der Waals surface area (Å²) in [5.41, 5.74) is 2.38. The van der Waals surface area contributed by atoms with Crippen LogP contribution < -0.4 is 5.32 Å². The quantitative estimate of drug-likeness (QED) is 0.276. The van der Waals surface area contributed by atoms with Gasteiger partial charge in [0.1, 0.15) is 10.6 Å². The molecule has 154 valence electrons. The molecule has 4 rings (SSSR count). The van der Waals surface area contributed by atoms with Gasteiger partial charge in [-0.05, 0) is 24.4 Å². The van der Waals surface area contributed by atoms with E-state index in [0.29, 0.717) is 31.9 Å². The Bertz CT molecular complexity index is 1200. The Labute approximate surface area is 188 Å². The number of aromatic amines is 1. The molecule has 30 heavy (non-hydrogen) atoms. The molecule has 0 aliphatic heterocycles. The number of hydrogen-bond acceptors (Lipinski definition) is 8. The minimum atomic E-state index is -0.453. The van der Waals surface area contributed by atoms with Gasteiger partial charge in [0.05, 0.1) is 22.9 Å². The number of carbonyl (C=O) groups excluding carboxylic acids is 2. The molecule has 0 radical (unpaired) electrons. The summed E-state index contributed by atoms with van der Waals surface area (Å²) in [5, 5.41) is 8.16. The first-order chi connectivity index (χ1) is 14.5. The number of thiophene rings is 2. The normalized spacial score (nSPS) is 11.0. The molecule has 0 aliphatic rings. The smallest absolute Gasteiger partial charge is 0.341 e. The summed E-state index contributed by atoms with van der Waals surface area (Å²) >= 11 is 9.99. The fraction of sp³-hybridized carbons (Fsp3) is 0.158. The molecular formula is C19H15ClN4O3S3. The Kier molecular flexibility index (Phi) is 6.38. The van der Waals surface area contributed by atoms with E-state index in [1.165, 1.54) is 40.6 Å². The number of aromatic nitrogens is 3. The number of pyridine rings is 1. The van der Waals surface area contributed by atoms with Gasteiger partial charge >= 0.3 is 5.97 Å². The SMILES string of the molecule is CCOC(=O)c1c(-c2cccs2)csc1NC(=O)CSc1nc2ncc(Cl)cc2[nH]1. The maximum absolute atomic E-state index is 12.5. The summed E-state index contributed by atoms with van der Waals surface area (Å²) in [6.45, 7) is 2.01. The number of halogens is 1. The number of ether oxygens (including phenoxy) is 1. The maximum atomic E-state index is 12.5. The van der Waals surface area contributed by atoms with Crippen LogP contribution in [0.5, 0.6) is 0 Å². The molecule has 0 bridgehead atoms. The van der Waals surface area contributed by atoms with E-state index in [4.69, 9.17) is 16.3 Å². The molecule has 0 atom stereocenters. The molecule has 0 spiro atoms. The minimum Gasteiger partial charge on any atom is -0.462 e. The third-order valence-electron chi connectivity index (χ3n) is 3.93. The van der Waals surface area contributed by atoms with Crippen LogP contribution in [0.1, 0.15) is 17.3 Å². The van der Waals surface area contributed by atoms with E-state index in [0.717, 1.165) is 10.4 Å². The molecule has 0 unspecified atom stereocenters.